The topological polar surface area (TPSA) is 69.6 Å². The second kappa shape index (κ2) is 52.2. The molecular formula is C56H109NO3. The Morgan fingerprint density at radius 1 is 0.383 bits per heavy atom. The van der Waals surface area contributed by atoms with E-state index in [4.69, 9.17) is 0 Å². The largest absolute Gasteiger partial charge is 0.394 e. The summed E-state index contributed by atoms with van der Waals surface area (Å²) >= 11 is 0. The summed E-state index contributed by atoms with van der Waals surface area (Å²) in [6, 6.07) is -0.623. The molecule has 2 atom stereocenters. The van der Waals surface area contributed by atoms with E-state index in [0.717, 1.165) is 25.7 Å². The van der Waals surface area contributed by atoms with Gasteiger partial charge in [0.25, 0.3) is 0 Å². The average Bonchev–Trinajstić information content (AvgIpc) is 3.25. The zero-order valence-corrected chi connectivity index (χ0v) is 41.0. The number of carbonyl (C=O) groups is 1. The number of hydrogen-bond donors (Lipinski definition) is 3. The fourth-order valence-corrected chi connectivity index (χ4v) is 8.71. The number of aliphatic hydroxyl groups excluding tert-OH is 2. The Morgan fingerprint density at radius 3 is 0.917 bits per heavy atom. The highest BCUT2D eigenvalue weighted by Gasteiger charge is 2.18. The Hall–Kier alpha value is -1.13. The maximum absolute atomic E-state index is 12.4. The minimum Gasteiger partial charge on any atom is -0.394 e. The molecule has 3 N–H and O–H groups in total. The Kier molecular flexibility index (Phi) is 51.2. The van der Waals surface area contributed by atoms with E-state index in [1.807, 2.05) is 6.08 Å². The van der Waals surface area contributed by atoms with Crippen molar-refractivity contribution in [3.8, 4) is 0 Å². The van der Waals surface area contributed by atoms with Gasteiger partial charge >= 0.3 is 0 Å². The fourth-order valence-electron chi connectivity index (χ4n) is 8.71. The number of carbonyl (C=O) groups excluding carboxylic acids is 1. The molecule has 0 spiro atoms. The third-order valence-corrected chi connectivity index (χ3v) is 12.9. The van der Waals surface area contributed by atoms with Crippen LogP contribution < -0.4 is 5.32 Å². The van der Waals surface area contributed by atoms with Gasteiger partial charge in [0.1, 0.15) is 0 Å². The van der Waals surface area contributed by atoms with Crippen molar-refractivity contribution in [1.82, 2.24) is 5.32 Å². The van der Waals surface area contributed by atoms with Crippen LogP contribution in [0.4, 0.5) is 0 Å². The third-order valence-electron chi connectivity index (χ3n) is 12.9. The smallest absolute Gasteiger partial charge is 0.220 e. The van der Waals surface area contributed by atoms with Crippen molar-refractivity contribution in [2.75, 3.05) is 6.61 Å². The quantitative estimate of drug-likeness (QED) is 0.0422. The van der Waals surface area contributed by atoms with Gasteiger partial charge in [-0.1, -0.05) is 282 Å². The molecule has 0 rings (SSSR count). The van der Waals surface area contributed by atoms with E-state index >= 15 is 0 Å². The molecule has 0 saturated carbocycles. The Labute approximate surface area is 377 Å². The summed E-state index contributed by atoms with van der Waals surface area (Å²) in [6.07, 6.45) is 69.1. The summed E-state index contributed by atoms with van der Waals surface area (Å²) in [4.78, 5) is 12.4. The van der Waals surface area contributed by atoms with Gasteiger partial charge in [-0.15, -0.1) is 0 Å². The van der Waals surface area contributed by atoms with Crippen LogP contribution in [0.15, 0.2) is 24.3 Å². The molecule has 0 radical (unpaired) electrons. The monoisotopic (exact) mass is 844 g/mol. The second-order valence-corrected chi connectivity index (χ2v) is 19.0. The molecule has 60 heavy (non-hydrogen) atoms. The first kappa shape index (κ1) is 58.9. The second-order valence-electron chi connectivity index (χ2n) is 19.0. The zero-order valence-electron chi connectivity index (χ0n) is 41.0. The number of aliphatic hydroxyl groups is 2. The lowest BCUT2D eigenvalue weighted by Gasteiger charge is -2.20. The normalized spacial score (nSPS) is 12.9. The van der Waals surface area contributed by atoms with Crippen LogP contribution in [0.2, 0.25) is 0 Å². The minimum absolute atomic E-state index is 0.0647. The van der Waals surface area contributed by atoms with Crippen LogP contribution in [-0.2, 0) is 4.79 Å². The molecule has 4 heteroatoms. The van der Waals surface area contributed by atoms with Crippen molar-refractivity contribution in [3.63, 3.8) is 0 Å². The van der Waals surface area contributed by atoms with E-state index in [2.05, 4.69) is 31.3 Å². The summed E-state index contributed by atoms with van der Waals surface area (Å²) in [5.74, 6) is -0.0647. The summed E-state index contributed by atoms with van der Waals surface area (Å²) in [5.41, 5.74) is 0. The molecule has 0 aromatic heterocycles. The maximum Gasteiger partial charge on any atom is 0.220 e. The van der Waals surface area contributed by atoms with Gasteiger partial charge in [0.2, 0.25) is 5.91 Å². The Bertz CT molecular complexity index is 871. The van der Waals surface area contributed by atoms with Crippen molar-refractivity contribution in [2.45, 2.75) is 321 Å². The molecule has 2 unspecified atom stereocenters. The summed E-state index contributed by atoms with van der Waals surface area (Å²) in [5, 5.41) is 23.1. The number of rotatable bonds is 51. The van der Waals surface area contributed by atoms with Crippen molar-refractivity contribution in [2.24, 2.45) is 0 Å². The highest BCUT2D eigenvalue weighted by Crippen LogP contribution is 2.17. The van der Waals surface area contributed by atoms with Crippen LogP contribution >= 0.6 is 0 Å². The van der Waals surface area contributed by atoms with Crippen molar-refractivity contribution < 1.29 is 15.0 Å². The number of hydrogen-bond acceptors (Lipinski definition) is 3. The highest BCUT2D eigenvalue weighted by atomic mass is 16.3. The lowest BCUT2D eigenvalue weighted by atomic mass is 10.0. The zero-order chi connectivity index (χ0) is 43.5. The maximum atomic E-state index is 12.4. The lowest BCUT2D eigenvalue weighted by Crippen LogP contribution is -2.45. The van der Waals surface area contributed by atoms with E-state index in [0.29, 0.717) is 6.42 Å². The van der Waals surface area contributed by atoms with E-state index in [1.165, 1.54) is 263 Å². The molecule has 0 aromatic rings. The molecule has 0 aliphatic heterocycles. The number of nitrogens with one attached hydrogen (secondary N) is 1. The summed E-state index contributed by atoms with van der Waals surface area (Å²) < 4.78 is 0. The predicted molar refractivity (Wildman–Crippen MR) is 267 cm³/mol. The number of allylic oxidation sites excluding steroid dienone is 3. The van der Waals surface area contributed by atoms with Gasteiger partial charge in [-0.25, -0.2) is 0 Å². The number of amides is 1. The number of unbranched alkanes of at least 4 members (excludes halogenated alkanes) is 42. The average molecular weight is 844 g/mol. The minimum atomic E-state index is -0.840. The molecule has 0 fully saturated rings. The standard InChI is InChI=1S/C56H109NO3/c1-3-5-7-9-11-13-15-17-19-21-22-23-24-25-26-27-28-29-30-31-32-33-34-36-37-39-41-43-45-47-49-51-55(59)54(53-58)57-56(60)52-50-48-46-44-42-40-38-35-20-18-16-14-12-10-8-6-4-2/h18,20,49,51,54-55,58-59H,3-17,19,21-48,50,52-53H2,1-2H3,(H,57,60)/b20-18-,51-49+. The van der Waals surface area contributed by atoms with E-state index in [1.54, 1.807) is 6.08 Å². The molecule has 356 valence electrons. The molecule has 1 amide bonds. The molecule has 0 heterocycles. The lowest BCUT2D eigenvalue weighted by molar-refractivity contribution is -0.123. The predicted octanol–water partition coefficient (Wildman–Crippen LogP) is 17.9. The van der Waals surface area contributed by atoms with Gasteiger partial charge in [-0.3, -0.25) is 4.79 Å². The van der Waals surface area contributed by atoms with Gasteiger partial charge in [-0.2, -0.15) is 0 Å². The van der Waals surface area contributed by atoms with Crippen LogP contribution in [0.25, 0.3) is 0 Å². The first-order valence-corrected chi connectivity index (χ1v) is 27.6. The molecule has 0 aliphatic carbocycles. The van der Waals surface area contributed by atoms with Crippen LogP contribution in [-0.4, -0.2) is 34.9 Å². The van der Waals surface area contributed by atoms with E-state index in [-0.39, 0.29) is 12.5 Å². The van der Waals surface area contributed by atoms with E-state index in [9.17, 15) is 15.0 Å². The molecule has 0 aromatic carbocycles. The van der Waals surface area contributed by atoms with Crippen LogP contribution in [0.1, 0.15) is 309 Å². The summed E-state index contributed by atoms with van der Waals surface area (Å²) in [7, 11) is 0. The molecule has 0 saturated heterocycles. The van der Waals surface area contributed by atoms with Crippen LogP contribution in [0.3, 0.4) is 0 Å². The Morgan fingerprint density at radius 2 is 0.633 bits per heavy atom. The fraction of sp³-hybridized carbons (Fsp3) is 0.911. The summed E-state index contributed by atoms with van der Waals surface area (Å²) in [6.45, 7) is 4.33. The Balaban J connectivity index is 3.45. The van der Waals surface area contributed by atoms with Crippen LogP contribution in [0, 0.1) is 0 Å². The molecule has 0 aliphatic rings. The van der Waals surface area contributed by atoms with E-state index < -0.39 is 12.1 Å². The van der Waals surface area contributed by atoms with Gasteiger partial charge < -0.3 is 15.5 Å². The van der Waals surface area contributed by atoms with Crippen molar-refractivity contribution in [1.29, 1.82) is 0 Å². The SMILES string of the molecule is CCCCCCCC/C=C\CCCCCCCCCC(=O)NC(CO)C(O)/C=C/CCCCCCCCCCCCCCCCCCCCCCCCCCCCCCC. The van der Waals surface area contributed by atoms with Crippen molar-refractivity contribution in [3.05, 3.63) is 24.3 Å². The van der Waals surface area contributed by atoms with Gasteiger partial charge in [0.05, 0.1) is 18.8 Å². The van der Waals surface area contributed by atoms with Crippen molar-refractivity contribution >= 4 is 5.91 Å². The molecule has 0 bridgehead atoms. The first-order chi connectivity index (χ1) is 29.7. The highest BCUT2D eigenvalue weighted by molar-refractivity contribution is 5.76. The molecular weight excluding hydrogens is 735 g/mol. The first-order valence-electron chi connectivity index (χ1n) is 27.6. The third kappa shape index (κ3) is 47.9. The van der Waals surface area contributed by atoms with Gasteiger partial charge in [0.15, 0.2) is 0 Å². The van der Waals surface area contributed by atoms with Gasteiger partial charge in [0, 0.05) is 6.42 Å². The van der Waals surface area contributed by atoms with Gasteiger partial charge in [-0.05, 0) is 44.9 Å². The van der Waals surface area contributed by atoms with Crippen LogP contribution in [0.5, 0.6) is 0 Å². The molecule has 4 nitrogen and oxygen atoms in total.